The van der Waals surface area contributed by atoms with Crippen molar-refractivity contribution in [1.29, 1.82) is 0 Å². The molecule has 0 atom stereocenters. The van der Waals surface area contributed by atoms with Crippen LogP contribution in [0.3, 0.4) is 0 Å². The summed E-state index contributed by atoms with van der Waals surface area (Å²) in [5, 5.41) is 0. The van der Waals surface area contributed by atoms with E-state index in [1.807, 2.05) is 25.1 Å². The summed E-state index contributed by atoms with van der Waals surface area (Å²) in [5.74, 6) is 0.928. The minimum absolute atomic E-state index is 0.147. The Morgan fingerprint density at radius 3 is 2.12 bits per heavy atom. The summed E-state index contributed by atoms with van der Waals surface area (Å²) in [6.45, 7) is 2.20. The number of hydrogen-bond donors (Lipinski definition) is 0. The molecule has 1 amide bonds. The smallest absolute Gasteiger partial charge is 0.261 e. The first kappa shape index (κ1) is 18.8. The van der Waals surface area contributed by atoms with Crippen LogP contribution in [0.5, 0.6) is 5.75 Å². The Hall–Kier alpha value is -1.03. The molecule has 0 aliphatic heterocycles. The lowest BCUT2D eigenvalue weighted by Crippen LogP contribution is -2.50. The molecule has 1 aromatic carbocycles. The first-order valence-corrected chi connectivity index (χ1v) is 10.6. The van der Waals surface area contributed by atoms with Crippen molar-refractivity contribution in [3.63, 3.8) is 0 Å². The van der Waals surface area contributed by atoms with E-state index in [1.165, 1.54) is 44.1 Å². The Morgan fingerprint density at radius 2 is 1.60 bits per heavy atom. The van der Waals surface area contributed by atoms with E-state index >= 15 is 0 Å². The van der Waals surface area contributed by atoms with Gasteiger partial charge in [0.25, 0.3) is 5.91 Å². The monoisotopic (exact) mass is 407 g/mol. The van der Waals surface area contributed by atoms with Crippen molar-refractivity contribution in [3.8, 4) is 5.75 Å². The lowest BCUT2D eigenvalue weighted by Gasteiger charge is -2.41. The Morgan fingerprint density at radius 1 is 1.04 bits per heavy atom. The quantitative estimate of drug-likeness (QED) is 0.632. The third-order valence-corrected chi connectivity index (χ3v) is 6.28. The van der Waals surface area contributed by atoms with Gasteiger partial charge in [0.05, 0.1) is 4.47 Å². The molecule has 0 spiro atoms. The molecule has 4 heteroatoms. The van der Waals surface area contributed by atoms with Gasteiger partial charge in [-0.15, -0.1) is 0 Å². The van der Waals surface area contributed by atoms with E-state index in [4.69, 9.17) is 4.74 Å². The molecule has 0 N–H and O–H groups in total. The number of ether oxygens (including phenoxy) is 1. The maximum Gasteiger partial charge on any atom is 0.261 e. The maximum absolute atomic E-state index is 13.1. The number of aryl methyl sites for hydroxylation is 1. The van der Waals surface area contributed by atoms with Crippen LogP contribution in [0.15, 0.2) is 22.7 Å². The topological polar surface area (TPSA) is 29.5 Å². The van der Waals surface area contributed by atoms with Crippen LogP contribution in [-0.2, 0) is 4.79 Å². The van der Waals surface area contributed by atoms with Crippen LogP contribution in [0.4, 0.5) is 0 Å². The van der Waals surface area contributed by atoms with Crippen molar-refractivity contribution in [2.45, 2.75) is 83.2 Å². The van der Waals surface area contributed by atoms with Crippen LogP contribution in [0.1, 0.15) is 69.8 Å². The van der Waals surface area contributed by atoms with Crippen molar-refractivity contribution >= 4 is 21.8 Å². The molecular formula is C21H30BrNO2. The fourth-order valence-corrected chi connectivity index (χ4v) is 4.97. The predicted molar refractivity (Wildman–Crippen MR) is 105 cm³/mol. The van der Waals surface area contributed by atoms with Crippen LogP contribution in [-0.4, -0.2) is 29.5 Å². The van der Waals surface area contributed by atoms with Crippen LogP contribution in [0, 0.1) is 6.92 Å². The molecule has 0 unspecified atom stereocenters. The van der Waals surface area contributed by atoms with Crippen LogP contribution < -0.4 is 4.74 Å². The zero-order valence-corrected chi connectivity index (χ0v) is 16.9. The molecule has 0 radical (unpaired) electrons. The van der Waals surface area contributed by atoms with Crippen molar-refractivity contribution in [2.75, 3.05) is 6.61 Å². The van der Waals surface area contributed by atoms with Crippen molar-refractivity contribution in [1.82, 2.24) is 4.90 Å². The number of hydrogen-bond acceptors (Lipinski definition) is 2. The molecule has 0 heterocycles. The highest BCUT2D eigenvalue weighted by Crippen LogP contribution is 2.31. The molecule has 0 saturated heterocycles. The van der Waals surface area contributed by atoms with Crippen molar-refractivity contribution in [2.24, 2.45) is 0 Å². The van der Waals surface area contributed by atoms with E-state index in [2.05, 4.69) is 20.8 Å². The van der Waals surface area contributed by atoms with Gasteiger partial charge in [-0.05, 0) is 66.2 Å². The Bertz CT molecular complexity index is 559. The molecular weight excluding hydrogens is 378 g/mol. The summed E-state index contributed by atoms with van der Waals surface area (Å²) in [5.41, 5.74) is 1.18. The third-order valence-electron chi connectivity index (χ3n) is 5.66. The van der Waals surface area contributed by atoms with Gasteiger partial charge in [-0.1, -0.05) is 44.6 Å². The van der Waals surface area contributed by atoms with Gasteiger partial charge in [-0.3, -0.25) is 4.79 Å². The number of benzene rings is 1. The molecule has 2 saturated carbocycles. The number of nitrogens with zero attached hydrogens (tertiary/aromatic N) is 1. The fraction of sp³-hybridized carbons (Fsp3) is 0.667. The van der Waals surface area contributed by atoms with Gasteiger partial charge >= 0.3 is 0 Å². The molecule has 0 aromatic heterocycles. The van der Waals surface area contributed by atoms with E-state index in [0.717, 1.165) is 35.9 Å². The highest BCUT2D eigenvalue weighted by molar-refractivity contribution is 9.10. The van der Waals surface area contributed by atoms with Gasteiger partial charge in [-0.2, -0.15) is 0 Å². The van der Waals surface area contributed by atoms with Crippen molar-refractivity contribution in [3.05, 3.63) is 28.2 Å². The molecule has 1 aromatic rings. The fourth-order valence-electron chi connectivity index (χ4n) is 4.36. The number of carbonyl (C=O) groups is 1. The highest BCUT2D eigenvalue weighted by Gasteiger charge is 2.32. The largest absolute Gasteiger partial charge is 0.483 e. The van der Waals surface area contributed by atoms with Gasteiger partial charge in [0, 0.05) is 12.1 Å². The molecule has 2 aliphatic rings. The summed E-state index contributed by atoms with van der Waals surface area (Å²) < 4.78 is 6.80. The van der Waals surface area contributed by atoms with Gasteiger partial charge in [-0.25, -0.2) is 0 Å². The third kappa shape index (κ3) is 4.99. The first-order valence-electron chi connectivity index (χ1n) is 9.85. The summed E-state index contributed by atoms with van der Waals surface area (Å²) in [6, 6.07) is 6.84. The lowest BCUT2D eigenvalue weighted by molar-refractivity contribution is -0.140. The molecule has 3 rings (SSSR count). The Kier molecular flexibility index (Phi) is 6.80. The normalized spacial score (nSPS) is 19.6. The van der Waals surface area contributed by atoms with Gasteiger partial charge in [0.15, 0.2) is 6.61 Å². The summed E-state index contributed by atoms with van der Waals surface area (Å²) >= 11 is 3.54. The molecule has 25 heavy (non-hydrogen) atoms. The summed E-state index contributed by atoms with van der Waals surface area (Å²) in [7, 11) is 0. The number of halogens is 1. The minimum Gasteiger partial charge on any atom is -0.483 e. The van der Waals surface area contributed by atoms with E-state index in [9.17, 15) is 4.79 Å². The molecule has 2 aliphatic carbocycles. The Labute approximate surface area is 160 Å². The first-order chi connectivity index (χ1) is 12.1. The highest BCUT2D eigenvalue weighted by atomic mass is 79.9. The zero-order chi connectivity index (χ0) is 17.6. The van der Waals surface area contributed by atoms with E-state index in [-0.39, 0.29) is 12.5 Å². The average Bonchev–Trinajstić information content (AvgIpc) is 2.63. The van der Waals surface area contributed by atoms with Crippen LogP contribution in [0.25, 0.3) is 0 Å². The van der Waals surface area contributed by atoms with E-state index in [0.29, 0.717) is 12.1 Å². The average molecular weight is 408 g/mol. The molecule has 0 bridgehead atoms. The SMILES string of the molecule is Cc1ccc(OCC(=O)N(C2CCCCC2)C2CCCCC2)c(Br)c1. The predicted octanol–water partition coefficient (Wildman–Crippen LogP) is 5.63. The summed E-state index contributed by atoms with van der Waals surface area (Å²) in [6.07, 6.45) is 12.3. The van der Waals surface area contributed by atoms with Gasteiger partial charge < -0.3 is 9.64 Å². The van der Waals surface area contributed by atoms with E-state index < -0.39 is 0 Å². The zero-order valence-electron chi connectivity index (χ0n) is 15.3. The maximum atomic E-state index is 13.1. The van der Waals surface area contributed by atoms with Gasteiger partial charge in [0.2, 0.25) is 0 Å². The standard InChI is InChI=1S/C21H30BrNO2/c1-16-12-13-20(19(22)14-16)25-15-21(24)23(17-8-4-2-5-9-17)18-10-6-3-7-11-18/h12-14,17-18H,2-11,15H2,1H3. The van der Waals surface area contributed by atoms with Crippen LogP contribution in [0.2, 0.25) is 0 Å². The number of amides is 1. The number of rotatable bonds is 5. The van der Waals surface area contributed by atoms with Crippen molar-refractivity contribution < 1.29 is 9.53 Å². The molecule has 2 fully saturated rings. The second-order valence-electron chi connectivity index (χ2n) is 7.61. The minimum atomic E-state index is 0.147. The molecule has 3 nitrogen and oxygen atoms in total. The van der Waals surface area contributed by atoms with E-state index in [1.54, 1.807) is 0 Å². The molecule has 138 valence electrons. The lowest BCUT2D eigenvalue weighted by atomic mass is 9.88. The van der Waals surface area contributed by atoms with Crippen LogP contribution >= 0.6 is 15.9 Å². The number of carbonyl (C=O) groups excluding carboxylic acids is 1. The Balaban J connectivity index is 1.67. The second kappa shape index (κ2) is 9.07. The second-order valence-corrected chi connectivity index (χ2v) is 8.46. The van der Waals surface area contributed by atoms with Gasteiger partial charge in [0.1, 0.15) is 5.75 Å². The summed E-state index contributed by atoms with van der Waals surface area (Å²) in [4.78, 5) is 15.3.